The molecule has 2 atom stereocenters. The summed E-state index contributed by atoms with van der Waals surface area (Å²) in [6, 6.07) is 0.751. The molecule has 0 radical (unpaired) electrons. The SMILES string of the molecule is CCNc1ncc(F)c(NN2C(C)CCCC2C)n1. The van der Waals surface area contributed by atoms with Crippen molar-refractivity contribution >= 4 is 11.8 Å². The number of piperidine rings is 1. The number of halogens is 1. The maximum absolute atomic E-state index is 13.8. The van der Waals surface area contributed by atoms with Gasteiger partial charge in [0.1, 0.15) is 0 Å². The molecule has 0 saturated carbocycles. The first kappa shape index (κ1) is 14.0. The van der Waals surface area contributed by atoms with Crippen molar-refractivity contribution in [1.82, 2.24) is 15.0 Å². The number of nitrogens with one attached hydrogen (secondary N) is 2. The fraction of sp³-hybridized carbons (Fsp3) is 0.692. The summed E-state index contributed by atoms with van der Waals surface area (Å²) >= 11 is 0. The summed E-state index contributed by atoms with van der Waals surface area (Å²) in [6.07, 6.45) is 4.65. The van der Waals surface area contributed by atoms with Crippen LogP contribution in [0.2, 0.25) is 0 Å². The van der Waals surface area contributed by atoms with Crippen molar-refractivity contribution < 1.29 is 4.39 Å². The molecule has 0 aliphatic carbocycles. The van der Waals surface area contributed by atoms with E-state index in [4.69, 9.17) is 0 Å². The van der Waals surface area contributed by atoms with Crippen LogP contribution in [0.25, 0.3) is 0 Å². The molecule has 0 spiro atoms. The van der Waals surface area contributed by atoms with Crippen LogP contribution >= 0.6 is 0 Å². The maximum Gasteiger partial charge on any atom is 0.224 e. The van der Waals surface area contributed by atoms with Crippen molar-refractivity contribution in [3.8, 4) is 0 Å². The van der Waals surface area contributed by atoms with Gasteiger partial charge >= 0.3 is 0 Å². The first-order valence-electron chi connectivity index (χ1n) is 6.93. The quantitative estimate of drug-likeness (QED) is 0.878. The van der Waals surface area contributed by atoms with Gasteiger partial charge in [0.05, 0.1) is 6.20 Å². The molecule has 5 nitrogen and oxygen atoms in total. The van der Waals surface area contributed by atoms with Crippen molar-refractivity contribution in [3.05, 3.63) is 12.0 Å². The molecule has 6 heteroatoms. The van der Waals surface area contributed by atoms with Gasteiger partial charge in [-0.3, -0.25) is 5.43 Å². The third-order valence-electron chi connectivity index (χ3n) is 3.51. The van der Waals surface area contributed by atoms with Crippen LogP contribution in [-0.2, 0) is 0 Å². The Balaban J connectivity index is 2.14. The second-order valence-corrected chi connectivity index (χ2v) is 5.07. The molecular formula is C13H22FN5. The van der Waals surface area contributed by atoms with E-state index in [2.05, 4.69) is 39.6 Å². The Kier molecular flexibility index (Phi) is 4.52. The molecule has 2 unspecified atom stereocenters. The zero-order valence-corrected chi connectivity index (χ0v) is 11.8. The molecule has 1 aliphatic heterocycles. The number of anilines is 2. The minimum atomic E-state index is -0.424. The highest BCUT2D eigenvalue weighted by atomic mass is 19.1. The Hall–Kier alpha value is -1.43. The largest absolute Gasteiger partial charge is 0.354 e. The molecule has 2 heterocycles. The Bertz CT molecular complexity index is 415. The fourth-order valence-electron chi connectivity index (χ4n) is 2.45. The topological polar surface area (TPSA) is 53.1 Å². The molecule has 0 aromatic carbocycles. The van der Waals surface area contributed by atoms with Gasteiger partial charge in [-0.15, -0.1) is 0 Å². The van der Waals surface area contributed by atoms with Gasteiger partial charge in [0.15, 0.2) is 11.6 Å². The molecule has 1 aliphatic rings. The van der Waals surface area contributed by atoms with Gasteiger partial charge in [0.25, 0.3) is 0 Å². The average molecular weight is 267 g/mol. The summed E-state index contributed by atoms with van der Waals surface area (Å²) in [5.41, 5.74) is 3.11. The molecule has 106 valence electrons. The van der Waals surface area contributed by atoms with E-state index in [9.17, 15) is 4.39 Å². The number of hydrazine groups is 1. The minimum absolute atomic E-state index is 0.242. The van der Waals surface area contributed by atoms with Crippen LogP contribution in [0.5, 0.6) is 0 Å². The zero-order chi connectivity index (χ0) is 13.8. The first-order chi connectivity index (χ1) is 9.11. The highest BCUT2D eigenvalue weighted by molar-refractivity contribution is 5.40. The molecular weight excluding hydrogens is 245 g/mol. The Morgan fingerprint density at radius 1 is 1.37 bits per heavy atom. The average Bonchev–Trinajstić information content (AvgIpc) is 2.38. The lowest BCUT2D eigenvalue weighted by molar-refractivity contribution is 0.134. The molecule has 0 amide bonds. The van der Waals surface area contributed by atoms with Gasteiger partial charge in [0.2, 0.25) is 5.95 Å². The maximum atomic E-state index is 13.8. The standard InChI is InChI=1S/C13H22FN5/c1-4-15-13-16-8-11(14)12(17-13)18-19-9(2)6-5-7-10(19)3/h8-10H,4-7H2,1-3H3,(H2,15,16,17,18). The normalized spacial score (nSPS) is 24.2. The number of rotatable bonds is 4. The van der Waals surface area contributed by atoms with Crippen molar-refractivity contribution in [2.75, 3.05) is 17.3 Å². The van der Waals surface area contributed by atoms with E-state index in [0.29, 0.717) is 24.6 Å². The second-order valence-electron chi connectivity index (χ2n) is 5.07. The Morgan fingerprint density at radius 2 is 2.05 bits per heavy atom. The van der Waals surface area contributed by atoms with Crippen molar-refractivity contribution in [2.24, 2.45) is 0 Å². The predicted molar refractivity (Wildman–Crippen MR) is 74.4 cm³/mol. The van der Waals surface area contributed by atoms with Crippen LogP contribution in [0.3, 0.4) is 0 Å². The van der Waals surface area contributed by atoms with Crippen molar-refractivity contribution in [3.63, 3.8) is 0 Å². The number of nitrogens with zero attached hydrogens (tertiary/aromatic N) is 3. The third-order valence-corrected chi connectivity index (χ3v) is 3.51. The van der Waals surface area contributed by atoms with Gasteiger partial charge in [-0.2, -0.15) is 4.98 Å². The van der Waals surface area contributed by atoms with Gasteiger partial charge in [-0.25, -0.2) is 14.4 Å². The van der Waals surface area contributed by atoms with Crippen LogP contribution < -0.4 is 10.7 Å². The summed E-state index contributed by atoms with van der Waals surface area (Å²) < 4.78 is 13.8. The fourth-order valence-corrected chi connectivity index (χ4v) is 2.45. The lowest BCUT2D eigenvalue weighted by Gasteiger charge is -2.39. The molecule has 1 aromatic heterocycles. The van der Waals surface area contributed by atoms with Gasteiger partial charge in [0, 0.05) is 18.6 Å². The van der Waals surface area contributed by atoms with Crippen LogP contribution in [-0.4, -0.2) is 33.6 Å². The lowest BCUT2D eigenvalue weighted by Crippen LogP contribution is -2.47. The molecule has 2 rings (SSSR count). The molecule has 1 aromatic rings. The third kappa shape index (κ3) is 3.32. The molecule has 0 bridgehead atoms. The van der Waals surface area contributed by atoms with E-state index >= 15 is 0 Å². The highest BCUT2D eigenvalue weighted by Gasteiger charge is 2.25. The van der Waals surface area contributed by atoms with Gasteiger partial charge in [-0.1, -0.05) is 6.42 Å². The number of hydrogen-bond donors (Lipinski definition) is 2. The second kappa shape index (κ2) is 6.14. The highest BCUT2D eigenvalue weighted by Crippen LogP contribution is 2.24. The Labute approximate surface area is 113 Å². The Morgan fingerprint density at radius 3 is 2.68 bits per heavy atom. The van der Waals surface area contributed by atoms with E-state index in [1.54, 1.807) is 0 Å². The van der Waals surface area contributed by atoms with Crippen molar-refractivity contribution in [2.45, 2.75) is 52.1 Å². The van der Waals surface area contributed by atoms with E-state index < -0.39 is 5.82 Å². The van der Waals surface area contributed by atoms with Crippen LogP contribution in [0.1, 0.15) is 40.0 Å². The van der Waals surface area contributed by atoms with Crippen LogP contribution in [0.15, 0.2) is 6.20 Å². The van der Waals surface area contributed by atoms with E-state index in [1.165, 1.54) is 12.6 Å². The molecule has 1 fully saturated rings. The van der Waals surface area contributed by atoms with Crippen LogP contribution in [0.4, 0.5) is 16.2 Å². The summed E-state index contributed by atoms with van der Waals surface area (Å²) in [5, 5.41) is 5.08. The summed E-state index contributed by atoms with van der Waals surface area (Å²) in [7, 11) is 0. The van der Waals surface area contributed by atoms with Crippen LogP contribution in [0, 0.1) is 5.82 Å². The van der Waals surface area contributed by atoms with Crippen molar-refractivity contribution in [1.29, 1.82) is 0 Å². The first-order valence-corrected chi connectivity index (χ1v) is 6.93. The monoisotopic (exact) mass is 267 g/mol. The van der Waals surface area contributed by atoms with Gasteiger partial charge in [-0.05, 0) is 33.6 Å². The predicted octanol–water partition coefficient (Wildman–Crippen LogP) is 2.64. The smallest absolute Gasteiger partial charge is 0.224 e. The van der Waals surface area contributed by atoms with E-state index in [1.807, 2.05) is 6.92 Å². The van der Waals surface area contributed by atoms with Gasteiger partial charge < -0.3 is 5.32 Å². The zero-order valence-electron chi connectivity index (χ0n) is 11.8. The molecule has 2 N–H and O–H groups in total. The van der Waals surface area contributed by atoms with E-state index in [-0.39, 0.29) is 5.82 Å². The van der Waals surface area contributed by atoms with E-state index in [0.717, 1.165) is 12.8 Å². The molecule has 1 saturated heterocycles. The minimum Gasteiger partial charge on any atom is -0.354 e. The lowest BCUT2D eigenvalue weighted by atomic mass is 10.00. The summed E-state index contributed by atoms with van der Waals surface area (Å²) in [5.74, 6) is 0.266. The summed E-state index contributed by atoms with van der Waals surface area (Å²) in [4.78, 5) is 8.08. The molecule has 19 heavy (non-hydrogen) atoms. The summed E-state index contributed by atoms with van der Waals surface area (Å²) in [6.45, 7) is 6.95. The number of hydrogen-bond acceptors (Lipinski definition) is 5. The number of aromatic nitrogens is 2.